The molecule has 0 atom stereocenters. The molecule has 10 nitrogen and oxygen atoms in total. The molecule has 3 N–H and O–H groups in total. The fourth-order valence-electron chi connectivity index (χ4n) is 2.47. The van der Waals surface area contributed by atoms with Crippen molar-refractivity contribution in [2.75, 3.05) is 18.5 Å². The Morgan fingerprint density at radius 1 is 0.970 bits per heavy atom. The first-order chi connectivity index (χ1) is 15.8. The molecular weight excluding hydrogens is 428 g/mol. The van der Waals surface area contributed by atoms with Gasteiger partial charge in [-0.25, -0.2) is 10.2 Å². The van der Waals surface area contributed by atoms with Gasteiger partial charge >= 0.3 is 17.8 Å². The fourth-order valence-corrected chi connectivity index (χ4v) is 2.47. The number of hydrogen-bond acceptors (Lipinski definition) is 7. The Hall–Kier alpha value is -4.21. The zero-order chi connectivity index (χ0) is 24.2. The van der Waals surface area contributed by atoms with E-state index in [1.807, 2.05) is 13.8 Å². The molecule has 0 aromatic heterocycles. The van der Waals surface area contributed by atoms with Crippen LogP contribution < -0.4 is 20.8 Å². The lowest BCUT2D eigenvalue weighted by Crippen LogP contribution is -2.34. The molecule has 0 aliphatic heterocycles. The van der Waals surface area contributed by atoms with Gasteiger partial charge in [0.05, 0.1) is 18.4 Å². The van der Waals surface area contributed by atoms with Crippen LogP contribution in [0.5, 0.6) is 5.75 Å². The lowest BCUT2D eigenvalue weighted by molar-refractivity contribution is -0.136. The SMILES string of the molecule is CCOC(=O)c1ccc(NC(=O)C(=O)N/N=C\c2ccc(OCC(=O)NC(C)C)cc2)cc1. The number of nitrogens with zero attached hydrogens (tertiary/aromatic N) is 1. The molecule has 0 bridgehead atoms. The summed E-state index contributed by atoms with van der Waals surface area (Å²) in [6.45, 7) is 5.59. The number of nitrogens with one attached hydrogen (secondary N) is 3. The molecule has 0 radical (unpaired) electrons. The molecule has 0 fully saturated rings. The summed E-state index contributed by atoms with van der Waals surface area (Å²) in [7, 11) is 0. The molecule has 2 aromatic carbocycles. The summed E-state index contributed by atoms with van der Waals surface area (Å²) in [5.74, 6) is -2.06. The maximum Gasteiger partial charge on any atom is 0.338 e. The van der Waals surface area contributed by atoms with Gasteiger partial charge in [-0.1, -0.05) is 0 Å². The molecule has 0 unspecified atom stereocenters. The topological polar surface area (TPSA) is 135 Å². The third kappa shape index (κ3) is 8.82. The predicted molar refractivity (Wildman–Crippen MR) is 122 cm³/mol. The van der Waals surface area contributed by atoms with Crippen LogP contribution >= 0.6 is 0 Å². The van der Waals surface area contributed by atoms with Gasteiger partial charge in [0.2, 0.25) is 0 Å². The smallest absolute Gasteiger partial charge is 0.338 e. The maximum atomic E-state index is 12.0. The second-order valence-electron chi connectivity index (χ2n) is 7.03. The van der Waals surface area contributed by atoms with Crippen LogP contribution in [0.25, 0.3) is 0 Å². The van der Waals surface area contributed by atoms with Crippen LogP contribution in [0, 0.1) is 0 Å². The first kappa shape index (κ1) is 25.1. The summed E-state index contributed by atoms with van der Waals surface area (Å²) in [6, 6.07) is 12.6. The normalized spacial score (nSPS) is 10.5. The number of amides is 3. The molecule has 2 rings (SSSR count). The molecule has 3 amide bonds. The van der Waals surface area contributed by atoms with Crippen molar-refractivity contribution in [1.82, 2.24) is 10.7 Å². The van der Waals surface area contributed by atoms with Crippen molar-refractivity contribution < 1.29 is 28.7 Å². The summed E-state index contributed by atoms with van der Waals surface area (Å²) < 4.78 is 10.3. The zero-order valence-corrected chi connectivity index (χ0v) is 18.6. The Morgan fingerprint density at radius 3 is 2.24 bits per heavy atom. The summed E-state index contributed by atoms with van der Waals surface area (Å²) in [5.41, 5.74) is 3.44. The Kier molecular flexibility index (Phi) is 9.56. The van der Waals surface area contributed by atoms with Gasteiger partial charge in [-0.3, -0.25) is 14.4 Å². The van der Waals surface area contributed by atoms with Gasteiger partial charge in [-0.2, -0.15) is 5.10 Å². The van der Waals surface area contributed by atoms with Gasteiger partial charge in [0, 0.05) is 11.7 Å². The summed E-state index contributed by atoms with van der Waals surface area (Å²) in [4.78, 5) is 47.1. The Bertz CT molecular complexity index is 1000. The summed E-state index contributed by atoms with van der Waals surface area (Å²) >= 11 is 0. The van der Waals surface area contributed by atoms with Crippen LogP contribution in [0.3, 0.4) is 0 Å². The number of rotatable bonds is 9. The van der Waals surface area contributed by atoms with E-state index in [1.165, 1.54) is 30.5 Å². The zero-order valence-electron chi connectivity index (χ0n) is 18.6. The van der Waals surface area contributed by atoms with Crippen molar-refractivity contribution in [2.45, 2.75) is 26.8 Å². The Morgan fingerprint density at radius 2 is 1.64 bits per heavy atom. The van der Waals surface area contributed by atoms with E-state index in [4.69, 9.17) is 9.47 Å². The van der Waals surface area contributed by atoms with Gasteiger partial charge in [0.1, 0.15) is 5.75 Å². The highest BCUT2D eigenvalue weighted by molar-refractivity contribution is 6.39. The van der Waals surface area contributed by atoms with Crippen LogP contribution in [0.1, 0.15) is 36.7 Å². The number of anilines is 1. The predicted octanol–water partition coefficient (Wildman–Crippen LogP) is 1.86. The monoisotopic (exact) mass is 454 g/mol. The molecule has 174 valence electrons. The standard InChI is InChI=1S/C23H26N4O6/c1-4-32-23(31)17-7-9-18(10-8-17)26-21(29)22(30)27-24-13-16-5-11-19(12-6-16)33-14-20(28)25-15(2)3/h5-13,15H,4,14H2,1-3H3,(H,25,28)(H,26,29)(H,27,30)/b24-13-. The molecule has 0 aliphatic carbocycles. The van der Waals surface area contributed by atoms with Crippen LogP contribution in [0.4, 0.5) is 5.69 Å². The minimum absolute atomic E-state index is 0.0360. The molecule has 0 spiro atoms. The number of carbonyl (C=O) groups is 4. The van der Waals surface area contributed by atoms with Crippen molar-refractivity contribution in [3.63, 3.8) is 0 Å². The largest absolute Gasteiger partial charge is 0.484 e. The van der Waals surface area contributed by atoms with Crippen LogP contribution in [-0.4, -0.2) is 49.2 Å². The van der Waals surface area contributed by atoms with Crippen LogP contribution in [0.2, 0.25) is 0 Å². The maximum absolute atomic E-state index is 12.0. The van der Waals surface area contributed by atoms with Gasteiger partial charge in [-0.15, -0.1) is 0 Å². The number of hydrazone groups is 1. The van der Waals surface area contributed by atoms with E-state index in [2.05, 4.69) is 21.2 Å². The van der Waals surface area contributed by atoms with Crippen LogP contribution in [0.15, 0.2) is 53.6 Å². The minimum Gasteiger partial charge on any atom is -0.484 e. The first-order valence-electron chi connectivity index (χ1n) is 10.2. The first-order valence-corrected chi connectivity index (χ1v) is 10.2. The minimum atomic E-state index is -0.961. The average molecular weight is 454 g/mol. The van der Waals surface area contributed by atoms with E-state index in [9.17, 15) is 19.2 Å². The van der Waals surface area contributed by atoms with Gasteiger partial charge in [-0.05, 0) is 74.9 Å². The van der Waals surface area contributed by atoms with E-state index in [0.717, 1.165) is 0 Å². The van der Waals surface area contributed by atoms with Crippen LogP contribution in [-0.2, 0) is 19.1 Å². The average Bonchev–Trinajstić information content (AvgIpc) is 2.78. The lowest BCUT2D eigenvalue weighted by Gasteiger charge is -2.09. The van der Waals surface area contributed by atoms with E-state index in [0.29, 0.717) is 22.6 Å². The van der Waals surface area contributed by atoms with Crippen molar-refractivity contribution in [1.29, 1.82) is 0 Å². The van der Waals surface area contributed by atoms with E-state index >= 15 is 0 Å². The third-order valence-corrected chi connectivity index (χ3v) is 3.94. The molecule has 0 saturated carbocycles. The molecule has 0 heterocycles. The summed E-state index contributed by atoms with van der Waals surface area (Å²) in [6.07, 6.45) is 1.36. The number of carbonyl (C=O) groups excluding carboxylic acids is 4. The Balaban J connectivity index is 1.80. The highest BCUT2D eigenvalue weighted by Gasteiger charge is 2.13. The molecule has 33 heavy (non-hydrogen) atoms. The molecule has 2 aromatic rings. The van der Waals surface area contributed by atoms with Crippen molar-refractivity contribution in [2.24, 2.45) is 5.10 Å². The van der Waals surface area contributed by atoms with Crippen molar-refractivity contribution in [3.8, 4) is 5.75 Å². The number of benzene rings is 2. The van der Waals surface area contributed by atoms with E-state index in [-0.39, 0.29) is 25.2 Å². The van der Waals surface area contributed by atoms with Gasteiger partial charge in [0.25, 0.3) is 5.91 Å². The second kappa shape index (κ2) is 12.6. The summed E-state index contributed by atoms with van der Waals surface area (Å²) in [5, 5.41) is 8.87. The van der Waals surface area contributed by atoms with Crippen molar-refractivity contribution >= 4 is 35.6 Å². The number of hydrogen-bond donors (Lipinski definition) is 3. The van der Waals surface area contributed by atoms with E-state index in [1.54, 1.807) is 31.2 Å². The highest BCUT2D eigenvalue weighted by Crippen LogP contribution is 2.12. The number of ether oxygens (including phenoxy) is 2. The molecule has 0 aliphatic rings. The molecule has 0 saturated heterocycles. The number of esters is 1. The fraction of sp³-hybridized carbons (Fsp3) is 0.261. The van der Waals surface area contributed by atoms with Gasteiger partial charge in [0.15, 0.2) is 6.61 Å². The highest BCUT2D eigenvalue weighted by atomic mass is 16.5. The third-order valence-electron chi connectivity index (χ3n) is 3.94. The Labute approximate surface area is 191 Å². The van der Waals surface area contributed by atoms with E-state index < -0.39 is 17.8 Å². The molecular formula is C23H26N4O6. The van der Waals surface area contributed by atoms with Gasteiger partial charge < -0.3 is 20.1 Å². The quantitative estimate of drug-likeness (QED) is 0.229. The molecule has 10 heteroatoms. The lowest BCUT2D eigenvalue weighted by atomic mass is 10.2. The second-order valence-corrected chi connectivity index (χ2v) is 7.03. The van der Waals surface area contributed by atoms with Crippen molar-refractivity contribution in [3.05, 3.63) is 59.7 Å².